The molecule has 0 aliphatic carbocycles. The van der Waals surface area contributed by atoms with Crippen LogP contribution < -0.4 is 5.32 Å². The van der Waals surface area contributed by atoms with E-state index in [0.29, 0.717) is 0 Å². The van der Waals surface area contributed by atoms with Gasteiger partial charge in [-0.3, -0.25) is 4.90 Å². The van der Waals surface area contributed by atoms with Crippen LogP contribution in [0.3, 0.4) is 0 Å². The van der Waals surface area contributed by atoms with Crippen LogP contribution in [0, 0.1) is 0 Å². The molecule has 1 N–H and O–H groups in total. The Balaban J connectivity index is 1.53. The van der Waals surface area contributed by atoms with Crippen LogP contribution in [0.25, 0.3) is 0 Å². The molecule has 0 saturated carbocycles. The smallest absolute Gasteiger partial charge is 0.0833 e. The highest BCUT2D eigenvalue weighted by atomic mass is 16.5. The maximum Gasteiger partial charge on any atom is 0.0833 e. The molecule has 3 heteroatoms. The molecule has 2 aliphatic rings. The van der Waals surface area contributed by atoms with Gasteiger partial charge in [-0.2, -0.15) is 0 Å². The summed E-state index contributed by atoms with van der Waals surface area (Å²) in [6.07, 6.45) is 3.47. The molecule has 1 aromatic rings. The molecule has 0 unspecified atom stereocenters. The molecule has 2 saturated heterocycles. The average Bonchev–Trinajstić information content (AvgIpc) is 2.47. The first-order chi connectivity index (χ1) is 9.36. The minimum atomic E-state index is 0.139. The van der Waals surface area contributed by atoms with Crippen molar-refractivity contribution in [2.45, 2.75) is 24.9 Å². The van der Waals surface area contributed by atoms with E-state index in [2.05, 4.69) is 40.5 Å². The Labute approximate surface area is 115 Å². The maximum atomic E-state index is 6.11. The third-order valence-electron chi connectivity index (χ3n) is 4.40. The second-order valence-electron chi connectivity index (χ2n) is 5.79. The van der Waals surface area contributed by atoms with Crippen molar-refractivity contribution in [3.8, 4) is 0 Å². The highest BCUT2D eigenvalue weighted by Gasteiger charge is 2.37. The van der Waals surface area contributed by atoms with Crippen molar-refractivity contribution in [3.05, 3.63) is 35.9 Å². The van der Waals surface area contributed by atoms with Gasteiger partial charge in [0.2, 0.25) is 0 Å². The van der Waals surface area contributed by atoms with E-state index in [1.165, 1.54) is 5.56 Å². The number of rotatable bonds is 3. The first kappa shape index (κ1) is 13.1. The molecule has 2 aliphatic heterocycles. The number of hydrogen-bond donors (Lipinski definition) is 1. The molecule has 19 heavy (non-hydrogen) atoms. The molecule has 2 heterocycles. The molecule has 0 aromatic heterocycles. The van der Waals surface area contributed by atoms with Crippen LogP contribution >= 0.6 is 0 Å². The summed E-state index contributed by atoms with van der Waals surface area (Å²) in [5.74, 6) is 0. The summed E-state index contributed by atoms with van der Waals surface area (Å²) >= 11 is 0. The summed E-state index contributed by atoms with van der Waals surface area (Å²) in [4.78, 5) is 2.59. The summed E-state index contributed by atoms with van der Waals surface area (Å²) in [5, 5.41) is 3.43. The number of benzene rings is 1. The standard InChI is InChI=1S/C16H24N2O/c1-2-4-15(5-3-1)6-11-18-12-13-19-16(14-18)7-9-17-10-8-16/h1-5,17H,6-14H2. The van der Waals surface area contributed by atoms with Gasteiger partial charge >= 0.3 is 0 Å². The minimum absolute atomic E-state index is 0.139. The van der Waals surface area contributed by atoms with E-state index < -0.39 is 0 Å². The summed E-state index contributed by atoms with van der Waals surface area (Å²) in [6.45, 7) is 6.46. The minimum Gasteiger partial charge on any atom is -0.372 e. The Kier molecular flexibility index (Phi) is 4.16. The Morgan fingerprint density at radius 3 is 2.74 bits per heavy atom. The first-order valence-electron chi connectivity index (χ1n) is 7.47. The molecular weight excluding hydrogens is 236 g/mol. The van der Waals surface area contributed by atoms with Crippen molar-refractivity contribution in [2.24, 2.45) is 0 Å². The molecule has 1 spiro atoms. The van der Waals surface area contributed by atoms with Gasteiger partial charge < -0.3 is 10.1 Å². The second-order valence-corrected chi connectivity index (χ2v) is 5.79. The SMILES string of the molecule is c1ccc(CCN2CCOC3(CCNCC3)C2)cc1. The molecule has 0 radical (unpaired) electrons. The lowest BCUT2D eigenvalue weighted by atomic mass is 9.90. The number of ether oxygens (including phenoxy) is 1. The Morgan fingerprint density at radius 2 is 1.95 bits per heavy atom. The Morgan fingerprint density at radius 1 is 1.16 bits per heavy atom. The normalized spacial score (nSPS) is 23.6. The van der Waals surface area contributed by atoms with Gasteiger partial charge in [-0.1, -0.05) is 30.3 Å². The summed E-state index contributed by atoms with van der Waals surface area (Å²) in [5.41, 5.74) is 1.58. The zero-order chi connectivity index (χ0) is 13.0. The summed E-state index contributed by atoms with van der Waals surface area (Å²) in [7, 11) is 0. The fraction of sp³-hybridized carbons (Fsp3) is 0.625. The van der Waals surface area contributed by atoms with E-state index in [4.69, 9.17) is 4.74 Å². The quantitative estimate of drug-likeness (QED) is 0.895. The zero-order valence-corrected chi connectivity index (χ0v) is 11.6. The van der Waals surface area contributed by atoms with Gasteiger partial charge in [-0.05, 0) is 37.9 Å². The predicted molar refractivity (Wildman–Crippen MR) is 77.4 cm³/mol. The van der Waals surface area contributed by atoms with E-state index in [0.717, 1.165) is 58.6 Å². The number of nitrogens with one attached hydrogen (secondary N) is 1. The Bertz CT molecular complexity index is 381. The zero-order valence-electron chi connectivity index (χ0n) is 11.6. The first-order valence-corrected chi connectivity index (χ1v) is 7.47. The second kappa shape index (κ2) is 6.04. The Hall–Kier alpha value is -0.900. The topological polar surface area (TPSA) is 24.5 Å². The predicted octanol–water partition coefficient (Wildman–Crippen LogP) is 1.68. The average molecular weight is 260 g/mol. The molecule has 3 rings (SSSR count). The highest BCUT2D eigenvalue weighted by molar-refractivity contribution is 5.14. The van der Waals surface area contributed by atoms with E-state index >= 15 is 0 Å². The monoisotopic (exact) mass is 260 g/mol. The van der Waals surface area contributed by atoms with Crippen LogP contribution in [0.5, 0.6) is 0 Å². The number of nitrogens with zero attached hydrogens (tertiary/aromatic N) is 1. The lowest BCUT2D eigenvalue weighted by Gasteiger charge is -2.45. The van der Waals surface area contributed by atoms with Crippen LogP contribution in [0.1, 0.15) is 18.4 Å². The number of morpholine rings is 1. The summed E-state index contributed by atoms with van der Waals surface area (Å²) in [6, 6.07) is 10.8. The fourth-order valence-corrected chi connectivity index (χ4v) is 3.23. The maximum absolute atomic E-state index is 6.11. The largest absolute Gasteiger partial charge is 0.372 e. The molecule has 3 nitrogen and oxygen atoms in total. The van der Waals surface area contributed by atoms with Crippen molar-refractivity contribution < 1.29 is 4.74 Å². The van der Waals surface area contributed by atoms with Gasteiger partial charge in [0.05, 0.1) is 12.2 Å². The third kappa shape index (κ3) is 3.35. The number of piperidine rings is 1. The molecular formula is C16H24N2O. The van der Waals surface area contributed by atoms with Gasteiger partial charge in [0.25, 0.3) is 0 Å². The van der Waals surface area contributed by atoms with Crippen LogP contribution in [0.2, 0.25) is 0 Å². The lowest BCUT2D eigenvalue weighted by molar-refractivity contribution is -0.123. The molecule has 0 atom stereocenters. The highest BCUT2D eigenvalue weighted by Crippen LogP contribution is 2.27. The number of hydrogen-bond acceptors (Lipinski definition) is 3. The van der Waals surface area contributed by atoms with Gasteiger partial charge in [-0.25, -0.2) is 0 Å². The van der Waals surface area contributed by atoms with Gasteiger partial charge in [0.1, 0.15) is 0 Å². The van der Waals surface area contributed by atoms with E-state index in [-0.39, 0.29) is 5.60 Å². The van der Waals surface area contributed by atoms with Crippen LogP contribution in [0.4, 0.5) is 0 Å². The van der Waals surface area contributed by atoms with Gasteiger partial charge in [-0.15, -0.1) is 0 Å². The fourth-order valence-electron chi connectivity index (χ4n) is 3.23. The lowest BCUT2D eigenvalue weighted by Crippen LogP contribution is -2.56. The molecule has 104 valence electrons. The van der Waals surface area contributed by atoms with E-state index in [1.807, 2.05) is 0 Å². The van der Waals surface area contributed by atoms with E-state index in [9.17, 15) is 0 Å². The van der Waals surface area contributed by atoms with Gasteiger partial charge in [0.15, 0.2) is 0 Å². The van der Waals surface area contributed by atoms with Crippen LogP contribution in [-0.4, -0.2) is 49.8 Å². The molecule has 0 bridgehead atoms. The molecule has 0 amide bonds. The van der Waals surface area contributed by atoms with Crippen LogP contribution in [0.15, 0.2) is 30.3 Å². The van der Waals surface area contributed by atoms with Crippen molar-refractivity contribution >= 4 is 0 Å². The summed E-state index contributed by atoms with van der Waals surface area (Å²) < 4.78 is 6.11. The third-order valence-corrected chi connectivity index (χ3v) is 4.40. The van der Waals surface area contributed by atoms with Crippen molar-refractivity contribution in [2.75, 3.05) is 39.3 Å². The molecule has 2 fully saturated rings. The van der Waals surface area contributed by atoms with Crippen molar-refractivity contribution in [3.63, 3.8) is 0 Å². The molecule has 1 aromatic carbocycles. The van der Waals surface area contributed by atoms with Crippen molar-refractivity contribution in [1.29, 1.82) is 0 Å². The van der Waals surface area contributed by atoms with E-state index in [1.54, 1.807) is 0 Å². The van der Waals surface area contributed by atoms with Crippen molar-refractivity contribution in [1.82, 2.24) is 10.2 Å². The van der Waals surface area contributed by atoms with Gasteiger partial charge in [0, 0.05) is 19.6 Å². The van der Waals surface area contributed by atoms with Crippen LogP contribution in [-0.2, 0) is 11.2 Å².